The molecule has 0 bridgehead atoms. The Bertz CT molecular complexity index is 669. The van der Waals surface area contributed by atoms with Crippen molar-refractivity contribution in [2.75, 3.05) is 17.1 Å². The van der Waals surface area contributed by atoms with E-state index in [1.807, 2.05) is 6.07 Å². The van der Waals surface area contributed by atoms with E-state index in [1.54, 1.807) is 32.9 Å². The Hall–Kier alpha value is -2.07. The summed E-state index contributed by atoms with van der Waals surface area (Å²) in [6.07, 6.45) is 1.01. The molecule has 21 heavy (non-hydrogen) atoms. The number of nitrogens with one attached hydrogen (secondary N) is 1. The molecule has 0 unspecified atom stereocenters. The van der Waals surface area contributed by atoms with Crippen molar-refractivity contribution in [1.82, 2.24) is 5.32 Å². The maximum atomic E-state index is 12.0. The van der Waals surface area contributed by atoms with Crippen LogP contribution in [0.3, 0.4) is 0 Å². The zero-order valence-corrected chi connectivity index (χ0v) is 13.4. The van der Waals surface area contributed by atoms with Crippen LogP contribution in [0.25, 0.3) is 0 Å². The van der Waals surface area contributed by atoms with E-state index in [1.165, 1.54) is 12.1 Å². The summed E-state index contributed by atoms with van der Waals surface area (Å²) in [5.74, 6) is -0.430. The first-order chi connectivity index (χ1) is 9.54. The molecule has 0 aliphatic rings. The third-order valence-corrected chi connectivity index (χ3v) is 3.62. The van der Waals surface area contributed by atoms with Crippen LogP contribution >= 0.6 is 0 Å². The number of rotatable bonds is 4. The highest BCUT2D eigenvalue weighted by atomic mass is 32.2. The van der Waals surface area contributed by atoms with E-state index in [-0.39, 0.29) is 17.8 Å². The molecule has 0 atom stereocenters. The van der Waals surface area contributed by atoms with Crippen LogP contribution in [0.5, 0.6) is 0 Å². The second-order valence-electron chi connectivity index (χ2n) is 5.70. The van der Waals surface area contributed by atoms with Crippen LogP contribution in [-0.2, 0) is 14.8 Å². The van der Waals surface area contributed by atoms with Crippen molar-refractivity contribution in [3.8, 4) is 6.07 Å². The number of benzene rings is 1. The number of hydrogen-bond acceptors (Lipinski definition) is 4. The lowest BCUT2D eigenvalue weighted by Crippen LogP contribution is -2.47. The lowest BCUT2D eigenvalue weighted by atomic mass is 10.1. The van der Waals surface area contributed by atoms with Gasteiger partial charge in [0.15, 0.2) is 0 Å². The van der Waals surface area contributed by atoms with Crippen LogP contribution in [0.4, 0.5) is 5.69 Å². The number of carbonyl (C=O) groups is 1. The number of para-hydroxylation sites is 1. The molecule has 1 aromatic carbocycles. The highest BCUT2D eigenvalue weighted by Gasteiger charge is 2.24. The lowest BCUT2D eigenvalue weighted by molar-refractivity contribution is -0.121. The van der Waals surface area contributed by atoms with Crippen LogP contribution in [0, 0.1) is 11.3 Å². The first kappa shape index (κ1) is 17.0. The van der Waals surface area contributed by atoms with E-state index in [0.29, 0.717) is 0 Å². The second kappa shape index (κ2) is 6.14. The highest BCUT2D eigenvalue weighted by Crippen LogP contribution is 2.22. The Labute approximate surface area is 125 Å². The molecule has 0 saturated heterocycles. The summed E-state index contributed by atoms with van der Waals surface area (Å²) >= 11 is 0. The molecule has 1 rings (SSSR count). The van der Waals surface area contributed by atoms with E-state index in [4.69, 9.17) is 5.26 Å². The smallest absolute Gasteiger partial charge is 0.241 e. The lowest BCUT2D eigenvalue weighted by Gasteiger charge is -2.26. The molecule has 0 heterocycles. The average molecular weight is 309 g/mol. The number of sulfonamides is 1. The first-order valence-electron chi connectivity index (χ1n) is 6.32. The Kier molecular flexibility index (Phi) is 4.97. The first-order valence-corrected chi connectivity index (χ1v) is 8.17. The van der Waals surface area contributed by atoms with Gasteiger partial charge in [-0.15, -0.1) is 0 Å². The fraction of sp³-hybridized carbons (Fsp3) is 0.429. The van der Waals surface area contributed by atoms with Crippen molar-refractivity contribution in [3.63, 3.8) is 0 Å². The summed E-state index contributed by atoms with van der Waals surface area (Å²) in [4.78, 5) is 12.0. The molecule has 0 saturated carbocycles. The van der Waals surface area contributed by atoms with Gasteiger partial charge in [0.2, 0.25) is 15.9 Å². The maximum Gasteiger partial charge on any atom is 0.241 e. The molecule has 0 aliphatic carbocycles. The summed E-state index contributed by atoms with van der Waals surface area (Å²) in [5.41, 5.74) is -0.0623. The zero-order chi connectivity index (χ0) is 16.3. The number of nitriles is 1. The van der Waals surface area contributed by atoms with Crippen molar-refractivity contribution in [2.24, 2.45) is 0 Å². The van der Waals surface area contributed by atoms with Crippen LogP contribution in [0.15, 0.2) is 24.3 Å². The molecule has 0 aromatic heterocycles. The van der Waals surface area contributed by atoms with Gasteiger partial charge in [-0.3, -0.25) is 9.10 Å². The van der Waals surface area contributed by atoms with E-state index in [2.05, 4.69) is 5.32 Å². The largest absolute Gasteiger partial charge is 0.350 e. The van der Waals surface area contributed by atoms with Crippen molar-refractivity contribution in [3.05, 3.63) is 29.8 Å². The zero-order valence-electron chi connectivity index (χ0n) is 12.5. The quantitative estimate of drug-likeness (QED) is 0.906. The second-order valence-corrected chi connectivity index (χ2v) is 7.60. The van der Waals surface area contributed by atoms with Gasteiger partial charge in [0.25, 0.3) is 0 Å². The molecule has 1 N–H and O–H groups in total. The molecule has 6 nitrogen and oxygen atoms in total. The van der Waals surface area contributed by atoms with E-state index >= 15 is 0 Å². The average Bonchev–Trinajstić information content (AvgIpc) is 2.32. The van der Waals surface area contributed by atoms with Crippen molar-refractivity contribution >= 4 is 21.6 Å². The van der Waals surface area contributed by atoms with Gasteiger partial charge in [-0.05, 0) is 32.9 Å². The van der Waals surface area contributed by atoms with Crippen LogP contribution in [-0.4, -0.2) is 32.7 Å². The van der Waals surface area contributed by atoms with Gasteiger partial charge in [0.1, 0.15) is 12.6 Å². The summed E-state index contributed by atoms with van der Waals surface area (Å²) in [5, 5.41) is 11.8. The standard InChI is InChI=1S/C14H19N3O3S/c1-14(2,3)16-13(18)10-17(21(4,19)20)12-8-6-5-7-11(12)9-15/h5-8H,10H2,1-4H3,(H,16,18). The third-order valence-electron chi connectivity index (χ3n) is 2.50. The molecular formula is C14H19N3O3S. The molecule has 114 valence electrons. The minimum Gasteiger partial charge on any atom is -0.350 e. The van der Waals surface area contributed by atoms with Crippen LogP contribution in [0.1, 0.15) is 26.3 Å². The monoisotopic (exact) mass is 309 g/mol. The highest BCUT2D eigenvalue weighted by molar-refractivity contribution is 7.92. The molecule has 1 amide bonds. The third kappa shape index (κ3) is 5.08. The SMILES string of the molecule is CC(C)(C)NC(=O)CN(c1ccccc1C#N)S(C)(=O)=O. The minimum atomic E-state index is -3.68. The number of carbonyl (C=O) groups excluding carboxylic acids is 1. The van der Waals surface area contributed by atoms with Gasteiger partial charge in [-0.25, -0.2) is 8.42 Å². The fourth-order valence-electron chi connectivity index (χ4n) is 1.75. The minimum absolute atomic E-state index is 0.200. The Balaban J connectivity index is 3.15. The summed E-state index contributed by atoms with van der Waals surface area (Å²) in [7, 11) is -3.68. The Morgan fingerprint density at radius 3 is 2.38 bits per heavy atom. The molecule has 7 heteroatoms. The van der Waals surface area contributed by atoms with Crippen LogP contribution < -0.4 is 9.62 Å². The van der Waals surface area contributed by atoms with E-state index in [9.17, 15) is 13.2 Å². The van der Waals surface area contributed by atoms with Crippen LogP contribution in [0.2, 0.25) is 0 Å². The summed E-state index contributed by atoms with van der Waals surface area (Å²) < 4.78 is 24.8. The van der Waals surface area contributed by atoms with Gasteiger partial charge in [0.05, 0.1) is 17.5 Å². The van der Waals surface area contributed by atoms with Crippen molar-refractivity contribution in [2.45, 2.75) is 26.3 Å². The Morgan fingerprint density at radius 1 is 1.33 bits per heavy atom. The molecule has 0 spiro atoms. The maximum absolute atomic E-state index is 12.0. The molecule has 0 radical (unpaired) electrons. The topological polar surface area (TPSA) is 90.3 Å². The molecule has 1 aromatic rings. The molecule has 0 fully saturated rings. The van der Waals surface area contributed by atoms with Gasteiger partial charge in [0, 0.05) is 5.54 Å². The summed E-state index contributed by atoms with van der Waals surface area (Å²) in [6.45, 7) is 5.05. The molecule has 0 aliphatic heterocycles. The number of amides is 1. The normalized spacial score (nSPS) is 11.6. The fourth-order valence-corrected chi connectivity index (χ4v) is 2.62. The van der Waals surface area contributed by atoms with Gasteiger partial charge >= 0.3 is 0 Å². The number of hydrogen-bond donors (Lipinski definition) is 1. The van der Waals surface area contributed by atoms with Gasteiger partial charge in [-0.1, -0.05) is 12.1 Å². The number of nitrogens with zero attached hydrogens (tertiary/aromatic N) is 2. The number of anilines is 1. The predicted octanol–water partition coefficient (Wildman–Crippen LogP) is 1.24. The van der Waals surface area contributed by atoms with E-state index in [0.717, 1.165) is 10.6 Å². The van der Waals surface area contributed by atoms with Gasteiger partial charge in [-0.2, -0.15) is 5.26 Å². The van der Waals surface area contributed by atoms with E-state index < -0.39 is 21.5 Å². The predicted molar refractivity (Wildman–Crippen MR) is 81.2 cm³/mol. The molecular weight excluding hydrogens is 290 g/mol. The van der Waals surface area contributed by atoms with Gasteiger partial charge < -0.3 is 5.32 Å². The van der Waals surface area contributed by atoms with Crippen molar-refractivity contribution < 1.29 is 13.2 Å². The van der Waals surface area contributed by atoms with Crippen molar-refractivity contribution in [1.29, 1.82) is 5.26 Å². The summed E-state index contributed by atoms with van der Waals surface area (Å²) in [6, 6.07) is 8.20. The Morgan fingerprint density at radius 2 is 1.90 bits per heavy atom.